The number of rotatable bonds is 2. The van der Waals surface area contributed by atoms with Crippen LogP contribution in [0.1, 0.15) is 5.56 Å². The molecule has 0 saturated carbocycles. The van der Waals surface area contributed by atoms with Gasteiger partial charge in [-0.2, -0.15) is 0 Å². The molecule has 0 radical (unpaired) electrons. The minimum atomic E-state index is -2.43. The number of hydrogen-bond acceptors (Lipinski definition) is 1. The lowest BCUT2D eigenvalue weighted by Gasteiger charge is -2.31. The summed E-state index contributed by atoms with van der Waals surface area (Å²) in [4.78, 5) is 0. The van der Waals surface area contributed by atoms with Gasteiger partial charge in [-0.25, -0.2) is 0 Å². The highest BCUT2D eigenvalue weighted by atomic mass is 32.1. The van der Waals surface area contributed by atoms with Crippen molar-refractivity contribution in [2.75, 3.05) is 0 Å². The van der Waals surface area contributed by atoms with Crippen molar-refractivity contribution >= 4 is 60.3 Å². The van der Waals surface area contributed by atoms with Gasteiger partial charge in [0.1, 0.15) is 0 Å². The summed E-state index contributed by atoms with van der Waals surface area (Å²) in [5.41, 5.74) is 4.19. The second kappa shape index (κ2) is 7.02. The Balaban J connectivity index is 1.73. The summed E-state index contributed by atoms with van der Waals surface area (Å²) in [6.45, 7) is 2.22. The van der Waals surface area contributed by atoms with E-state index in [1.165, 1.54) is 57.6 Å². The van der Waals surface area contributed by atoms with Crippen LogP contribution >= 0.6 is 11.3 Å². The number of benzene rings is 5. The molecule has 7 rings (SSSR count). The number of fused-ring (bicyclic) bond motifs is 7. The van der Waals surface area contributed by atoms with Crippen molar-refractivity contribution < 1.29 is 0 Å². The Bertz CT molecular complexity index is 1680. The molecule has 0 nitrogen and oxygen atoms in total. The van der Waals surface area contributed by atoms with Crippen LogP contribution in [0.25, 0.3) is 31.3 Å². The van der Waals surface area contributed by atoms with Crippen molar-refractivity contribution in [2.24, 2.45) is 0 Å². The van der Waals surface area contributed by atoms with Crippen LogP contribution in [0.2, 0.25) is 0 Å². The molecule has 6 aromatic rings. The normalized spacial score (nSPS) is 16.8. The fraction of sp³-hybridized carbons (Fsp3) is 0.0323. The predicted molar refractivity (Wildman–Crippen MR) is 147 cm³/mol. The monoisotopic (exact) mass is 454 g/mol. The standard InChI is InChI=1S/C31H22SSi/c1-21-10-9-13-23(20-21)33(22-11-3-2-4-12-22)28-17-8-6-15-25(28)31-29(33)19-18-27-30(31)24-14-5-7-16-26(24)32-27/h2-20H,1H3. The van der Waals surface area contributed by atoms with E-state index in [-0.39, 0.29) is 0 Å². The van der Waals surface area contributed by atoms with Crippen molar-refractivity contribution in [3.8, 4) is 11.1 Å². The average Bonchev–Trinajstić information content (AvgIpc) is 3.38. The Morgan fingerprint density at radius 3 is 2.21 bits per heavy atom. The Hall–Kier alpha value is -3.46. The van der Waals surface area contributed by atoms with Crippen molar-refractivity contribution in [3.63, 3.8) is 0 Å². The highest BCUT2D eigenvalue weighted by Gasteiger charge is 2.49. The van der Waals surface area contributed by atoms with Crippen molar-refractivity contribution in [1.82, 2.24) is 0 Å². The van der Waals surface area contributed by atoms with E-state index in [1.54, 1.807) is 0 Å². The van der Waals surface area contributed by atoms with Gasteiger partial charge in [0.05, 0.1) is 0 Å². The van der Waals surface area contributed by atoms with E-state index < -0.39 is 8.07 Å². The molecule has 1 aliphatic heterocycles. The first-order chi connectivity index (χ1) is 16.3. The molecule has 0 amide bonds. The fourth-order valence-corrected chi connectivity index (χ4v) is 12.3. The van der Waals surface area contributed by atoms with Crippen LogP contribution in [0.3, 0.4) is 0 Å². The molecule has 1 atom stereocenters. The quantitative estimate of drug-likeness (QED) is 0.293. The van der Waals surface area contributed by atoms with Crippen LogP contribution in [0, 0.1) is 6.92 Å². The Kier molecular flexibility index (Phi) is 4.05. The third-order valence-corrected chi connectivity index (χ3v) is 13.2. The van der Waals surface area contributed by atoms with E-state index in [0.29, 0.717) is 0 Å². The predicted octanol–water partition coefficient (Wildman–Crippen LogP) is 5.72. The largest absolute Gasteiger partial charge is 0.180 e. The summed E-state index contributed by atoms with van der Waals surface area (Å²) in [7, 11) is -2.43. The SMILES string of the molecule is Cc1cccc([Si]2(c3ccccc3)c3ccccc3-c3c2ccc2sc4ccccc4c32)c1. The summed E-state index contributed by atoms with van der Waals surface area (Å²) in [6, 6.07) is 43.4. The van der Waals surface area contributed by atoms with E-state index in [4.69, 9.17) is 0 Å². The van der Waals surface area contributed by atoms with Crippen LogP contribution < -0.4 is 20.7 Å². The molecule has 33 heavy (non-hydrogen) atoms. The van der Waals surface area contributed by atoms with Crippen molar-refractivity contribution in [3.05, 3.63) is 121 Å². The highest BCUT2D eigenvalue weighted by Crippen LogP contribution is 2.42. The summed E-state index contributed by atoms with van der Waals surface area (Å²) in [6.07, 6.45) is 0. The Labute approximate surface area is 198 Å². The third-order valence-electron chi connectivity index (χ3n) is 7.21. The molecule has 1 unspecified atom stereocenters. The van der Waals surface area contributed by atoms with Crippen molar-refractivity contribution in [1.29, 1.82) is 0 Å². The summed E-state index contributed by atoms with van der Waals surface area (Å²) in [5.74, 6) is 0. The molecule has 1 aromatic heterocycles. The zero-order valence-electron chi connectivity index (χ0n) is 18.4. The second-order valence-corrected chi connectivity index (χ2v) is 13.8. The van der Waals surface area contributed by atoms with Gasteiger partial charge in [0.15, 0.2) is 8.07 Å². The molecular formula is C31H22SSi. The molecule has 0 fully saturated rings. The minimum absolute atomic E-state index is 1.32. The van der Waals surface area contributed by atoms with Gasteiger partial charge >= 0.3 is 0 Å². The Morgan fingerprint density at radius 2 is 1.33 bits per heavy atom. The summed E-state index contributed by atoms with van der Waals surface area (Å²) >= 11 is 1.91. The number of hydrogen-bond donors (Lipinski definition) is 0. The molecule has 0 N–H and O–H groups in total. The molecule has 2 heteroatoms. The smallest absolute Gasteiger partial charge is 0.135 e. The Morgan fingerprint density at radius 1 is 0.576 bits per heavy atom. The molecule has 0 bridgehead atoms. The van der Waals surface area contributed by atoms with Gasteiger partial charge in [0.25, 0.3) is 0 Å². The van der Waals surface area contributed by atoms with Gasteiger partial charge in [0, 0.05) is 20.2 Å². The zero-order chi connectivity index (χ0) is 22.0. The first kappa shape index (κ1) is 19.0. The number of aryl methyl sites for hydroxylation is 1. The number of thiophene rings is 1. The van der Waals surface area contributed by atoms with Crippen LogP contribution in [-0.4, -0.2) is 8.07 Å². The van der Waals surface area contributed by atoms with Crippen LogP contribution in [0.4, 0.5) is 0 Å². The van der Waals surface area contributed by atoms with E-state index in [1.807, 2.05) is 11.3 Å². The molecule has 2 heterocycles. The zero-order valence-corrected chi connectivity index (χ0v) is 20.2. The molecule has 0 saturated heterocycles. The highest BCUT2D eigenvalue weighted by molar-refractivity contribution is 7.26. The maximum absolute atomic E-state index is 2.45. The molecule has 0 aliphatic carbocycles. The fourth-order valence-electron chi connectivity index (χ4n) is 5.94. The van der Waals surface area contributed by atoms with E-state index in [9.17, 15) is 0 Å². The topological polar surface area (TPSA) is 0 Å². The van der Waals surface area contributed by atoms with E-state index in [0.717, 1.165) is 0 Å². The summed E-state index contributed by atoms with van der Waals surface area (Å²) < 4.78 is 2.75. The molecule has 0 spiro atoms. The van der Waals surface area contributed by atoms with E-state index in [2.05, 4.69) is 122 Å². The van der Waals surface area contributed by atoms with Crippen LogP contribution in [0.15, 0.2) is 115 Å². The van der Waals surface area contributed by atoms with Gasteiger partial charge in [-0.3, -0.25) is 0 Å². The lowest BCUT2D eigenvalue weighted by atomic mass is 10.00. The maximum Gasteiger partial charge on any atom is 0.180 e. The molecular weight excluding hydrogens is 432 g/mol. The van der Waals surface area contributed by atoms with Gasteiger partial charge in [0.2, 0.25) is 0 Å². The third kappa shape index (κ3) is 2.51. The van der Waals surface area contributed by atoms with E-state index >= 15 is 0 Å². The first-order valence-electron chi connectivity index (χ1n) is 11.5. The van der Waals surface area contributed by atoms with Gasteiger partial charge in [-0.1, -0.05) is 109 Å². The van der Waals surface area contributed by atoms with Crippen molar-refractivity contribution in [2.45, 2.75) is 6.92 Å². The average molecular weight is 455 g/mol. The molecule has 156 valence electrons. The van der Waals surface area contributed by atoms with Gasteiger partial charge in [-0.05, 0) is 50.9 Å². The lowest BCUT2D eigenvalue weighted by Crippen LogP contribution is -2.72. The lowest BCUT2D eigenvalue weighted by molar-refractivity contribution is 1.49. The molecule has 1 aliphatic rings. The van der Waals surface area contributed by atoms with Crippen LogP contribution in [0.5, 0.6) is 0 Å². The second-order valence-electron chi connectivity index (χ2n) is 8.99. The minimum Gasteiger partial charge on any atom is -0.135 e. The first-order valence-corrected chi connectivity index (χ1v) is 14.3. The van der Waals surface area contributed by atoms with Crippen LogP contribution in [-0.2, 0) is 0 Å². The maximum atomic E-state index is 2.45. The molecule has 5 aromatic carbocycles. The van der Waals surface area contributed by atoms with Gasteiger partial charge < -0.3 is 0 Å². The summed E-state index contributed by atoms with van der Waals surface area (Å²) in [5, 5.41) is 8.78. The van der Waals surface area contributed by atoms with Gasteiger partial charge in [-0.15, -0.1) is 11.3 Å².